The second-order valence-electron chi connectivity index (χ2n) is 5.88. The lowest BCUT2D eigenvalue weighted by atomic mass is 10.1. The van der Waals surface area contributed by atoms with Crippen molar-refractivity contribution >= 4 is 16.8 Å². The van der Waals surface area contributed by atoms with Gasteiger partial charge in [-0.25, -0.2) is 9.37 Å². The smallest absolute Gasteiger partial charge is 0.261 e. The number of hydrogen-bond donors (Lipinski definition) is 1. The molecule has 26 heavy (non-hydrogen) atoms. The molecule has 0 radical (unpaired) electrons. The Morgan fingerprint density at radius 2 is 2.08 bits per heavy atom. The van der Waals surface area contributed by atoms with Crippen LogP contribution >= 0.6 is 0 Å². The average molecular weight is 355 g/mol. The molecule has 134 valence electrons. The zero-order valence-corrected chi connectivity index (χ0v) is 14.4. The molecule has 1 heterocycles. The highest BCUT2D eigenvalue weighted by Gasteiger charge is 2.14. The van der Waals surface area contributed by atoms with Crippen molar-refractivity contribution in [2.24, 2.45) is 0 Å². The van der Waals surface area contributed by atoms with E-state index in [1.807, 2.05) is 0 Å². The summed E-state index contributed by atoms with van der Waals surface area (Å²) in [5, 5.41) is 3.20. The molecule has 0 spiro atoms. The summed E-state index contributed by atoms with van der Waals surface area (Å²) in [5.74, 6) is -0.727. The van der Waals surface area contributed by atoms with Gasteiger partial charge in [0.1, 0.15) is 6.54 Å². The zero-order chi connectivity index (χ0) is 18.7. The van der Waals surface area contributed by atoms with Gasteiger partial charge in [-0.15, -0.1) is 0 Å². The number of aromatic nitrogens is 2. The van der Waals surface area contributed by atoms with E-state index in [4.69, 9.17) is 4.74 Å². The molecule has 0 saturated carbocycles. The predicted molar refractivity (Wildman–Crippen MR) is 95.5 cm³/mol. The third-order valence-corrected chi connectivity index (χ3v) is 4.10. The molecule has 6 nitrogen and oxygen atoms in total. The number of carbonyl (C=O) groups is 1. The molecule has 0 unspecified atom stereocenters. The molecule has 0 aliphatic heterocycles. The van der Waals surface area contributed by atoms with Gasteiger partial charge in [-0.05, 0) is 36.8 Å². The lowest BCUT2D eigenvalue weighted by Crippen LogP contribution is -2.34. The summed E-state index contributed by atoms with van der Waals surface area (Å²) in [4.78, 5) is 28.9. The number of nitrogens with one attached hydrogen (secondary N) is 1. The van der Waals surface area contributed by atoms with Crippen molar-refractivity contribution in [3.8, 4) is 5.75 Å². The Kier molecular flexibility index (Phi) is 4.97. The van der Waals surface area contributed by atoms with Crippen LogP contribution < -0.4 is 15.6 Å². The van der Waals surface area contributed by atoms with Crippen LogP contribution in [0, 0.1) is 5.82 Å². The van der Waals surface area contributed by atoms with E-state index in [0.29, 0.717) is 16.5 Å². The topological polar surface area (TPSA) is 73.2 Å². The Morgan fingerprint density at radius 1 is 1.31 bits per heavy atom. The van der Waals surface area contributed by atoms with Crippen LogP contribution in [0.2, 0.25) is 0 Å². The van der Waals surface area contributed by atoms with Crippen LogP contribution in [-0.2, 0) is 11.3 Å². The van der Waals surface area contributed by atoms with Gasteiger partial charge >= 0.3 is 0 Å². The molecule has 2 aromatic carbocycles. The van der Waals surface area contributed by atoms with Gasteiger partial charge in [0.15, 0.2) is 11.6 Å². The molecule has 0 fully saturated rings. The Labute approximate surface area is 149 Å². The fourth-order valence-corrected chi connectivity index (χ4v) is 2.70. The fourth-order valence-electron chi connectivity index (χ4n) is 2.70. The van der Waals surface area contributed by atoms with Gasteiger partial charge < -0.3 is 10.1 Å². The lowest BCUT2D eigenvalue weighted by molar-refractivity contribution is -0.122. The molecule has 1 atom stereocenters. The molecule has 3 aromatic rings. The fraction of sp³-hybridized carbons (Fsp3) is 0.211. The first-order chi connectivity index (χ1) is 12.5. The number of halogens is 1. The van der Waals surface area contributed by atoms with Crippen molar-refractivity contribution in [1.29, 1.82) is 0 Å². The highest BCUT2D eigenvalue weighted by Crippen LogP contribution is 2.21. The first-order valence-electron chi connectivity index (χ1n) is 8.06. The largest absolute Gasteiger partial charge is 0.494 e. The molecule has 1 amide bonds. The maximum Gasteiger partial charge on any atom is 0.261 e. The summed E-state index contributed by atoms with van der Waals surface area (Å²) in [6, 6.07) is 11.0. The predicted octanol–water partition coefficient (Wildman–Crippen LogP) is 2.42. The van der Waals surface area contributed by atoms with Crippen LogP contribution in [0.3, 0.4) is 0 Å². The maximum absolute atomic E-state index is 13.8. The highest BCUT2D eigenvalue weighted by molar-refractivity contribution is 5.79. The van der Waals surface area contributed by atoms with Crippen LogP contribution in [0.25, 0.3) is 10.9 Å². The Morgan fingerprint density at radius 3 is 2.81 bits per heavy atom. The minimum absolute atomic E-state index is 0.140. The van der Waals surface area contributed by atoms with Gasteiger partial charge in [-0.2, -0.15) is 0 Å². The summed E-state index contributed by atoms with van der Waals surface area (Å²) >= 11 is 0. The third-order valence-electron chi connectivity index (χ3n) is 4.10. The van der Waals surface area contributed by atoms with E-state index in [1.165, 1.54) is 30.1 Å². The molecule has 1 aromatic heterocycles. The van der Waals surface area contributed by atoms with E-state index < -0.39 is 11.9 Å². The summed E-state index contributed by atoms with van der Waals surface area (Å²) in [7, 11) is 1.39. The number of ether oxygens (including phenoxy) is 1. The zero-order valence-electron chi connectivity index (χ0n) is 14.4. The van der Waals surface area contributed by atoms with Gasteiger partial charge in [-0.3, -0.25) is 14.2 Å². The van der Waals surface area contributed by atoms with Crippen molar-refractivity contribution in [1.82, 2.24) is 14.9 Å². The summed E-state index contributed by atoms with van der Waals surface area (Å²) in [6.07, 6.45) is 1.35. The number of fused-ring (bicyclic) bond motifs is 1. The van der Waals surface area contributed by atoms with Crippen molar-refractivity contribution in [2.75, 3.05) is 7.11 Å². The third kappa shape index (κ3) is 3.56. The number of rotatable bonds is 5. The van der Waals surface area contributed by atoms with Crippen LogP contribution in [0.15, 0.2) is 53.6 Å². The van der Waals surface area contributed by atoms with Crippen LogP contribution in [-0.4, -0.2) is 22.6 Å². The molecule has 1 N–H and O–H groups in total. The molecule has 7 heteroatoms. The number of para-hydroxylation sites is 1. The minimum atomic E-state index is -0.499. The standard InChI is InChI=1S/C19H18FN3O3/c1-12(13-7-8-17(26-2)15(20)9-13)22-18(24)10-23-11-21-16-6-4-3-5-14(16)19(23)25/h3-9,11-12H,10H2,1-2H3,(H,22,24)/t12-/m0/s1. The van der Waals surface area contributed by atoms with Gasteiger partial charge in [0, 0.05) is 0 Å². The van der Waals surface area contributed by atoms with E-state index in [9.17, 15) is 14.0 Å². The molecule has 0 aliphatic carbocycles. The number of amides is 1. The number of carbonyl (C=O) groups excluding carboxylic acids is 1. The molecule has 0 saturated heterocycles. The second kappa shape index (κ2) is 7.35. The van der Waals surface area contributed by atoms with Crippen molar-refractivity contribution in [3.63, 3.8) is 0 Å². The summed E-state index contributed by atoms with van der Waals surface area (Å²) in [6.45, 7) is 1.57. The average Bonchev–Trinajstić information content (AvgIpc) is 2.64. The second-order valence-corrected chi connectivity index (χ2v) is 5.88. The number of nitrogens with zero attached hydrogens (tertiary/aromatic N) is 2. The van der Waals surface area contributed by atoms with Gasteiger partial charge in [0.2, 0.25) is 5.91 Å². The number of methoxy groups -OCH3 is 1. The quantitative estimate of drug-likeness (QED) is 0.763. The molecular formula is C19H18FN3O3. The normalized spacial score (nSPS) is 12.0. The SMILES string of the molecule is COc1ccc([C@H](C)NC(=O)Cn2cnc3ccccc3c2=O)cc1F. The first-order valence-corrected chi connectivity index (χ1v) is 8.06. The number of hydrogen-bond acceptors (Lipinski definition) is 4. The highest BCUT2D eigenvalue weighted by atomic mass is 19.1. The maximum atomic E-state index is 13.8. The van der Waals surface area contributed by atoms with E-state index in [1.54, 1.807) is 37.3 Å². The van der Waals surface area contributed by atoms with Gasteiger partial charge in [0.25, 0.3) is 5.56 Å². The van der Waals surface area contributed by atoms with E-state index in [-0.39, 0.29) is 23.8 Å². The van der Waals surface area contributed by atoms with Crippen molar-refractivity contribution in [3.05, 3.63) is 70.5 Å². The van der Waals surface area contributed by atoms with E-state index in [0.717, 1.165) is 0 Å². The van der Waals surface area contributed by atoms with Gasteiger partial charge in [0.05, 0.1) is 30.4 Å². The van der Waals surface area contributed by atoms with Crippen molar-refractivity contribution < 1.29 is 13.9 Å². The monoisotopic (exact) mass is 355 g/mol. The van der Waals surface area contributed by atoms with Crippen LogP contribution in [0.4, 0.5) is 4.39 Å². The lowest BCUT2D eigenvalue weighted by Gasteiger charge is -2.16. The summed E-state index contributed by atoms with van der Waals surface area (Å²) < 4.78 is 19.9. The minimum Gasteiger partial charge on any atom is -0.494 e. The van der Waals surface area contributed by atoms with Crippen LogP contribution in [0.1, 0.15) is 18.5 Å². The first kappa shape index (κ1) is 17.6. The van der Waals surface area contributed by atoms with Crippen LogP contribution in [0.5, 0.6) is 5.75 Å². The molecular weight excluding hydrogens is 337 g/mol. The molecule has 3 rings (SSSR count). The van der Waals surface area contributed by atoms with E-state index in [2.05, 4.69) is 10.3 Å². The number of benzene rings is 2. The Bertz CT molecular complexity index is 1020. The van der Waals surface area contributed by atoms with Gasteiger partial charge in [-0.1, -0.05) is 18.2 Å². The molecule has 0 bridgehead atoms. The van der Waals surface area contributed by atoms with E-state index >= 15 is 0 Å². The van der Waals surface area contributed by atoms with Crippen molar-refractivity contribution in [2.45, 2.75) is 19.5 Å². The Balaban J connectivity index is 1.73. The Hall–Kier alpha value is -3.22. The summed E-state index contributed by atoms with van der Waals surface area (Å²) in [5.41, 5.74) is 0.894. The molecule has 0 aliphatic rings.